The van der Waals surface area contributed by atoms with Gasteiger partial charge in [0.15, 0.2) is 11.5 Å². The van der Waals surface area contributed by atoms with Crippen molar-refractivity contribution in [2.45, 2.75) is 39.8 Å². The average Bonchev–Trinajstić information content (AvgIpc) is 2.45. The molecule has 1 aromatic carbocycles. The number of carboxylic acids is 1. The van der Waals surface area contributed by atoms with E-state index in [0.717, 1.165) is 12.0 Å². The maximum Gasteiger partial charge on any atom is 0.320 e. The van der Waals surface area contributed by atoms with Crippen molar-refractivity contribution in [3.05, 3.63) is 22.7 Å². The average molecular weight is 316 g/mol. The van der Waals surface area contributed by atoms with Gasteiger partial charge in [-0.15, -0.1) is 0 Å². The van der Waals surface area contributed by atoms with Crippen molar-refractivity contribution in [1.29, 1.82) is 0 Å². The standard InChI is InChI=1S/C15H22ClNO4/c1-4-6-21-14-8-12(16)11(7-13(14)20-5-2)9-17-10(3)15(18)19/h7-8,10,17H,4-6,9H2,1-3H3,(H,18,19). The molecule has 1 rings (SSSR count). The first kappa shape index (κ1) is 17.6. The van der Waals surface area contributed by atoms with Gasteiger partial charge < -0.3 is 19.9 Å². The molecule has 21 heavy (non-hydrogen) atoms. The number of nitrogens with one attached hydrogen (secondary N) is 1. The second-order valence-electron chi connectivity index (χ2n) is 4.61. The van der Waals surface area contributed by atoms with E-state index in [2.05, 4.69) is 5.32 Å². The Kier molecular flexibility index (Phi) is 7.32. The van der Waals surface area contributed by atoms with E-state index in [1.54, 1.807) is 19.1 Å². The van der Waals surface area contributed by atoms with Gasteiger partial charge in [0.2, 0.25) is 0 Å². The zero-order chi connectivity index (χ0) is 15.8. The van der Waals surface area contributed by atoms with Crippen LogP contribution in [0.15, 0.2) is 12.1 Å². The lowest BCUT2D eigenvalue weighted by Crippen LogP contribution is -2.33. The molecular formula is C15H22ClNO4. The first-order valence-corrected chi connectivity index (χ1v) is 7.41. The highest BCUT2D eigenvalue weighted by molar-refractivity contribution is 6.31. The van der Waals surface area contributed by atoms with E-state index in [1.807, 2.05) is 13.8 Å². The lowest BCUT2D eigenvalue weighted by atomic mass is 10.2. The van der Waals surface area contributed by atoms with Gasteiger partial charge in [0.25, 0.3) is 0 Å². The summed E-state index contributed by atoms with van der Waals surface area (Å²) in [6, 6.07) is 2.86. The number of benzene rings is 1. The van der Waals surface area contributed by atoms with Gasteiger partial charge in [-0.1, -0.05) is 18.5 Å². The van der Waals surface area contributed by atoms with Gasteiger partial charge in [-0.3, -0.25) is 4.79 Å². The fourth-order valence-corrected chi connectivity index (χ4v) is 1.88. The van der Waals surface area contributed by atoms with E-state index in [9.17, 15) is 4.79 Å². The van der Waals surface area contributed by atoms with Crippen molar-refractivity contribution in [3.63, 3.8) is 0 Å². The van der Waals surface area contributed by atoms with Crippen LogP contribution in [0.1, 0.15) is 32.8 Å². The predicted molar refractivity (Wildman–Crippen MR) is 82.3 cm³/mol. The van der Waals surface area contributed by atoms with Crippen LogP contribution in [0.2, 0.25) is 5.02 Å². The maximum absolute atomic E-state index is 10.8. The van der Waals surface area contributed by atoms with Gasteiger partial charge in [-0.25, -0.2) is 0 Å². The fourth-order valence-electron chi connectivity index (χ4n) is 1.66. The molecule has 0 aliphatic rings. The Bertz CT molecular complexity index is 479. The van der Waals surface area contributed by atoms with E-state index >= 15 is 0 Å². The van der Waals surface area contributed by atoms with Crippen LogP contribution in [0, 0.1) is 0 Å². The molecule has 0 spiro atoms. The molecule has 0 radical (unpaired) electrons. The summed E-state index contributed by atoms with van der Waals surface area (Å²) in [4.78, 5) is 10.8. The molecule has 1 aromatic rings. The van der Waals surface area contributed by atoms with Gasteiger partial charge in [-0.2, -0.15) is 0 Å². The van der Waals surface area contributed by atoms with Gasteiger partial charge in [0, 0.05) is 17.6 Å². The first-order chi connectivity index (χ1) is 9.99. The summed E-state index contributed by atoms with van der Waals surface area (Å²) in [5.74, 6) is 0.327. The lowest BCUT2D eigenvalue weighted by molar-refractivity contribution is -0.139. The largest absolute Gasteiger partial charge is 0.490 e. The second kappa shape index (κ2) is 8.74. The Hall–Kier alpha value is -1.46. The highest BCUT2D eigenvalue weighted by atomic mass is 35.5. The highest BCUT2D eigenvalue weighted by Crippen LogP contribution is 2.33. The third-order valence-electron chi connectivity index (χ3n) is 2.84. The summed E-state index contributed by atoms with van der Waals surface area (Å²) >= 11 is 6.22. The van der Waals surface area contributed by atoms with E-state index in [1.165, 1.54) is 0 Å². The number of carbonyl (C=O) groups is 1. The van der Waals surface area contributed by atoms with Crippen LogP contribution in [-0.4, -0.2) is 30.3 Å². The first-order valence-electron chi connectivity index (χ1n) is 7.03. The van der Waals surface area contributed by atoms with Crippen molar-refractivity contribution in [2.24, 2.45) is 0 Å². The number of hydrogen-bond donors (Lipinski definition) is 2. The van der Waals surface area contributed by atoms with E-state index < -0.39 is 12.0 Å². The minimum absolute atomic E-state index is 0.348. The van der Waals surface area contributed by atoms with Gasteiger partial charge in [0.1, 0.15) is 6.04 Å². The second-order valence-corrected chi connectivity index (χ2v) is 5.02. The van der Waals surface area contributed by atoms with Gasteiger partial charge >= 0.3 is 5.97 Å². The Morgan fingerprint density at radius 3 is 2.57 bits per heavy atom. The van der Waals surface area contributed by atoms with Crippen molar-refractivity contribution in [3.8, 4) is 11.5 Å². The van der Waals surface area contributed by atoms with Gasteiger partial charge in [-0.05, 0) is 31.9 Å². The minimum atomic E-state index is -0.904. The fraction of sp³-hybridized carbons (Fsp3) is 0.533. The number of rotatable bonds is 9. The molecule has 0 saturated carbocycles. The van der Waals surface area contributed by atoms with Crippen LogP contribution in [0.5, 0.6) is 11.5 Å². The number of aliphatic carboxylic acids is 1. The summed E-state index contributed by atoms with van der Waals surface area (Å²) in [6.07, 6.45) is 0.891. The Morgan fingerprint density at radius 1 is 1.33 bits per heavy atom. The number of halogens is 1. The molecule has 0 amide bonds. The summed E-state index contributed by atoms with van der Waals surface area (Å²) in [7, 11) is 0. The molecule has 2 N–H and O–H groups in total. The topological polar surface area (TPSA) is 67.8 Å². The quantitative estimate of drug-likeness (QED) is 0.733. The normalized spacial score (nSPS) is 12.0. The zero-order valence-corrected chi connectivity index (χ0v) is 13.4. The van der Waals surface area contributed by atoms with Crippen LogP contribution in [0.4, 0.5) is 0 Å². The monoisotopic (exact) mass is 315 g/mol. The molecule has 0 aliphatic carbocycles. The summed E-state index contributed by atoms with van der Waals surface area (Å²) in [5.41, 5.74) is 0.775. The Balaban J connectivity index is 2.89. The molecule has 1 unspecified atom stereocenters. The summed E-state index contributed by atoms with van der Waals surface area (Å²) in [5, 5.41) is 12.3. The molecule has 0 heterocycles. The summed E-state index contributed by atoms with van der Waals surface area (Å²) < 4.78 is 11.2. The number of ether oxygens (including phenoxy) is 2. The lowest BCUT2D eigenvalue weighted by Gasteiger charge is -2.16. The third kappa shape index (κ3) is 5.44. The molecule has 118 valence electrons. The van der Waals surface area contributed by atoms with Crippen LogP contribution < -0.4 is 14.8 Å². The third-order valence-corrected chi connectivity index (χ3v) is 3.20. The van der Waals surface area contributed by atoms with Crippen molar-refractivity contribution in [2.75, 3.05) is 13.2 Å². The van der Waals surface area contributed by atoms with E-state index in [4.69, 9.17) is 26.2 Å². The van der Waals surface area contributed by atoms with Crippen molar-refractivity contribution >= 4 is 17.6 Å². The number of carboxylic acid groups (broad SMARTS) is 1. The van der Waals surface area contributed by atoms with Crippen LogP contribution >= 0.6 is 11.6 Å². The van der Waals surface area contributed by atoms with Crippen LogP contribution in [-0.2, 0) is 11.3 Å². The molecule has 0 aromatic heterocycles. The summed E-state index contributed by atoms with van der Waals surface area (Å²) in [6.45, 7) is 6.95. The maximum atomic E-state index is 10.8. The molecule has 0 saturated heterocycles. The minimum Gasteiger partial charge on any atom is -0.490 e. The molecule has 6 heteroatoms. The Morgan fingerprint density at radius 2 is 2.00 bits per heavy atom. The predicted octanol–water partition coefficient (Wildman–Crippen LogP) is 3.09. The smallest absolute Gasteiger partial charge is 0.320 e. The molecule has 1 atom stereocenters. The Labute approximate surface area is 130 Å². The number of hydrogen-bond acceptors (Lipinski definition) is 4. The van der Waals surface area contributed by atoms with Gasteiger partial charge in [0.05, 0.1) is 13.2 Å². The van der Waals surface area contributed by atoms with E-state index in [0.29, 0.717) is 36.3 Å². The molecule has 0 aliphatic heterocycles. The molecular weight excluding hydrogens is 294 g/mol. The SMILES string of the molecule is CCCOc1cc(Cl)c(CNC(C)C(=O)O)cc1OCC. The highest BCUT2D eigenvalue weighted by Gasteiger charge is 2.14. The molecule has 0 bridgehead atoms. The van der Waals surface area contributed by atoms with Crippen molar-refractivity contribution in [1.82, 2.24) is 5.32 Å². The van der Waals surface area contributed by atoms with E-state index in [-0.39, 0.29) is 0 Å². The van der Waals surface area contributed by atoms with Crippen LogP contribution in [0.25, 0.3) is 0 Å². The van der Waals surface area contributed by atoms with Crippen LogP contribution in [0.3, 0.4) is 0 Å². The van der Waals surface area contributed by atoms with Crippen molar-refractivity contribution < 1.29 is 19.4 Å². The molecule has 0 fully saturated rings. The zero-order valence-electron chi connectivity index (χ0n) is 12.6. The molecule has 5 nitrogen and oxygen atoms in total.